The SMILES string of the molecule is CSCCn1c(N)cc(=O)[nH]c1=O. The molecule has 0 radical (unpaired) electrons. The second-order valence-electron chi connectivity index (χ2n) is 2.51. The van der Waals surface area contributed by atoms with Gasteiger partial charge in [-0.15, -0.1) is 0 Å². The third-order valence-corrected chi connectivity index (χ3v) is 2.18. The summed E-state index contributed by atoms with van der Waals surface area (Å²) < 4.78 is 1.35. The van der Waals surface area contributed by atoms with E-state index in [1.54, 1.807) is 11.8 Å². The molecule has 0 bridgehead atoms. The van der Waals surface area contributed by atoms with Crippen LogP contribution in [0.4, 0.5) is 5.82 Å². The molecule has 0 amide bonds. The molecule has 6 heteroatoms. The second-order valence-corrected chi connectivity index (χ2v) is 3.49. The number of aromatic nitrogens is 2. The molecule has 0 aromatic carbocycles. The first kappa shape index (κ1) is 9.91. The standard InChI is InChI=1S/C7H11N3O2S/c1-13-3-2-10-5(8)4-6(11)9-7(10)12/h4H,2-3,8H2,1H3,(H,9,11,12). The van der Waals surface area contributed by atoms with Crippen molar-refractivity contribution < 1.29 is 0 Å². The van der Waals surface area contributed by atoms with Crippen molar-refractivity contribution in [3.63, 3.8) is 0 Å². The first-order valence-electron chi connectivity index (χ1n) is 3.73. The Morgan fingerprint density at radius 1 is 1.62 bits per heavy atom. The highest BCUT2D eigenvalue weighted by Crippen LogP contribution is 1.97. The zero-order valence-electron chi connectivity index (χ0n) is 7.24. The van der Waals surface area contributed by atoms with Gasteiger partial charge in [0.15, 0.2) is 0 Å². The van der Waals surface area contributed by atoms with Crippen LogP contribution in [0.25, 0.3) is 0 Å². The molecule has 5 nitrogen and oxygen atoms in total. The summed E-state index contributed by atoms with van der Waals surface area (Å²) >= 11 is 1.61. The number of nitrogens with one attached hydrogen (secondary N) is 1. The average molecular weight is 201 g/mol. The lowest BCUT2D eigenvalue weighted by Gasteiger charge is -2.06. The minimum absolute atomic E-state index is 0.211. The molecular weight excluding hydrogens is 190 g/mol. The van der Waals surface area contributed by atoms with Gasteiger partial charge in [-0.3, -0.25) is 14.3 Å². The molecule has 1 rings (SSSR count). The highest BCUT2D eigenvalue weighted by molar-refractivity contribution is 7.98. The minimum atomic E-state index is -0.456. The minimum Gasteiger partial charge on any atom is -0.385 e. The molecule has 13 heavy (non-hydrogen) atoms. The molecule has 0 aliphatic heterocycles. The Kier molecular flexibility index (Phi) is 3.18. The number of H-pyrrole nitrogens is 1. The third kappa shape index (κ3) is 2.38. The number of hydrogen-bond acceptors (Lipinski definition) is 4. The Morgan fingerprint density at radius 2 is 2.31 bits per heavy atom. The van der Waals surface area contributed by atoms with Crippen LogP contribution in [-0.4, -0.2) is 21.6 Å². The van der Waals surface area contributed by atoms with Crippen LogP contribution in [0.3, 0.4) is 0 Å². The van der Waals surface area contributed by atoms with Crippen LogP contribution in [0.2, 0.25) is 0 Å². The number of nitrogen functional groups attached to an aromatic ring is 1. The summed E-state index contributed by atoms with van der Waals surface area (Å²) in [4.78, 5) is 24.1. The van der Waals surface area contributed by atoms with Crippen molar-refractivity contribution in [2.24, 2.45) is 0 Å². The van der Waals surface area contributed by atoms with E-state index < -0.39 is 11.2 Å². The molecule has 0 aliphatic carbocycles. The maximum absolute atomic E-state index is 11.2. The van der Waals surface area contributed by atoms with Crippen molar-refractivity contribution in [1.82, 2.24) is 9.55 Å². The number of hydrogen-bond donors (Lipinski definition) is 2. The van der Waals surface area contributed by atoms with Crippen molar-refractivity contribution in [2.45, 2.75) is 6.54 Å². The van der Waals surface area contributed by atoms with E-state index in [1.165, 1.54) is 10.6 Å². The normalized spacial score (nSPS) is 10.2. The van der Waals surface area contributed by atoms with Crippen LogP contribution < -0.4 is 17.0 Å². The van der Waals surface area contributed by atoms with E-state index in [9.17, 15) is 9.59 Å². The van der Waals surface area contributed by atoms with Gasteiger partial charge in [0.2, 0.25) is 0 Å². The lowest BCUT2D eigenvalue weighted by Crippen LogP contribution is -2.31. The van der Waals surface area contributed by atoms with Gasteiger partial charge in [0.05, 0.1) is 0 Å². The Morgan fingerprint density at radius 3 is 2.85 bits per heavy atom. The predicted molar refractivity (Wildman–Crippen MR) is 54.1 cm³/mol. The quantitative estimate of drug-likeness (QED) is 0.689. The monoisotopic (exact) mass is 201 g/mol. The fraction of sp³-hybridized carbons (Fsp3) is 0.429. The van der Waals surface area contributed by atoms with Gasteiger partial charge < -0.3 is 5.73 Å². The summed E-state index contributed by atoms with van der Waals surface area (Å²) in [5, 5.41) is 0. The molecule has 3 N–H and O–H groups in total. The predicted octanol–water partition coefficient (Wildman–Crippen LogP) is -0.518. The molecule has 0 saturated heterocycles. The number of nitrogens with zero attached hydrogens (tertiary/aromatic N) is 1. The Bertz CT molecular complexity index is 395. The van der Waals surface area contributed by atoms with E-state index in [4.69, 9.17) is 5.73 Å². The highest BCUT2D eigenvalue weighted by atomic mass is 32.2. The van der Waals surface area contributed by atoms with Crippen molar-refractivity contribution in [1.29, 1.82) is 0 Å². The number of nitrogens with two attached hydrogens (primary N) is 1. The second kappa shape index (κ2) is 4.18. The Balaban J connectivity index is 3.07. The number of aromatic amines is 1. The molecule has 72 valence electrons. The molecule has 0 fully saturated rings. The summed E-state index contributed by atoms with van der Waals surface area (Å²) in [6.45, 7) is 0.516. The molecule has 0 spiro atoms. The summed E-state index contributed by atoms with van der Waals surface area (Å²) in [5.74, 6) is 0.999. The number of thioether (sulfide) groups is 1. The molecule has 1 aromatic heterocycles. The fourth-order valence-corrected chi connectivity index (χ4v) is 1.32. The van der Waals surface area contributed by atoms with E-state index in [2.05, 4.69) is 4.98 Å². The number of anilines is 1. The van der Waals surface area contributed by atoms with Gasteiger partial charge in [-0.25, -0.2) is 4.79 Å². The van der Waals surface area contributed by atoms with Gasteiger partial charge in [0.25, 0.3) is 5.56 Å². The van der Waals surface area contributed by atoms with Gasteiger partial charge >= 0.3 is 5.69 Å². The van der Waals surface area contributed by atoms with Crippen molar-refractivity contribution in [3.8, 4) is 0 Å². The van der Waals surface area contributed by atoms with Crippen LogP contribution in [0, 0.1) is 0 Å². The molecule has 1 heterocycles. The van der Waals surface area contributed by atoms with E-state index in [0.29, 0.717) is 6.54 Å². The summed E-state index contributed by atoms with van der Waals surface area (Å²) in [7, 11) is 0. The van der Waals surface area contributed by atoms with Gasteiger partial charge in [-0.05, 0) is 6.26 Å². The van der Waals surface area contributed by atoms with Crippen molar-refractivity contribution in [2.75, 3.05) is 17.7 Å². The fourth-order valence-electron chi connectivity index (χ4n) is 0.952. The molecule has 0 saturated carbocycles. The van der Waals surface area contributed by atoms with E-state index >= 15 is 0 Å². The van der Waals surface area contributed by atoms with Crippen molar-refractivity contribution >= 4 is 17.6 Å². The molecule has 0 atom stereocenters. The zero-order chi connectivity index (χ0) is 9.84. The zero-order valence-corrected chi connectivity index (χ0v) is 8.06. The average Bonchev–Trinajstić information content (AvgIpc) is 2.02. The van der Waals surface area contributed by atoms with Crippen LogP contribution in [0.5, 0.6) is 0 Å². The van der Waals surface area contributed by atoms with Crippen molar-refractivity contribution in [3.05, 3.63) is 26.9 Å². The van der Waals surface area contributed by atoms with Crippen LogP contribution in [0.1, 0.15) is 0 Å². The maximum atomic E-state index is 11.2. The van der Waals surface area contributed by atoms with Crippen LogP contribution in [0.15, 0.2) is 15.7 Å². The molecular formula is C7H11N3O2S. The maximum Gasteiger partial charge on any atom is 0.329 e. The summed E-state index contributed by atoms with van der Waals surface area (Å²) in [6.07, 6.45) is 1.94. The van der Waals surface area contributed by atoms with Gasteiger partial charge in [-0.1, -0.05) is 0 Å². The Labute approximate surface area is 79.0 Å². The highest BCUT2D eigenvalue weighted by Gasteiger charge is 2.00. The molecule has 0 unspecified atom stereocenters. The number of rotatable bonds is 3. The summed E-state index contributed by atoms with van der Waals surface area (Å²) in [5.41, 5.74) is 4.60. The van der Waals surface area contributed by atoms with Gasteiger partial charge in [0.1, 0.15) is 5.82 Å². The van der Waals surface area contributed by atoms with E-state index in [-0.39, 0.29) is 5.82 Å². The van der Waals surface area contributed by atoms with Crippen LogP contribution in [-0.2, 0) is 6.54 Å². The lowest BCUT2D eigenvalue weighted by atomic mass is 10.5. The molecule has 0 aliphatic rings. The van der Waals surface area contributed by atoms with Crippen LogP contribution >= 0.6 is 11.8 Å². The topological polar surface area (TPSA) is 80.9 Å². The third-order valence-electron chi connectivity index (χ3n) is 1.58. The first-order chi connectivity index (χ1) is 6.15. The first-order valence-corrected chi connectivity index (χ1v) is 5.13. The molecule has 1 aromatic rings. The summed E-state index contributed by atoms with van der Waals surface area (Å²) in [6, 6.07) is 1.21. The van der Waals surface area contributed by atoms with Gasteiger partial charge in [0, 0.05) is 18.4 Å². The van der Waals surface area contributed by atoms with E-state index in [1.807, 2.05) is 6.26 Å². The van der Waals surface area contributed by atoms with E-state index in [0.717, 1.165) is 5.75 Å². The van der Waals surface area contributed by atoms with Gasteiger partial charge in [-0.2, -0.15) is 11.8 Å². The lowest BCUT2D eigenvalue weighted by molar-refractivity contribution is 0.712. The smallest absolute Gasteiger partial charge is 0.329 e. The largest absolute Gasteiger partial charge is 0.385 e. The Hall–Kier alpha value is -1.17.